The minimum atomic E-state index is -0.448. The molecule has 1 heterocycles. The molecule has 0 bridgehead atoms. The highest BCUT2D eigenvalue weighted by molar-refractivity contribution is 5.59. The molecule has 1 aromatic carbocycles. The molecular formula is C15H21N3O. The first-order valence-electron chi connectivity index (χ1n) is 6.43. The number of H-pyrrole nitrogens is 1. The summed E-state index contributed by atoms with van der Waals surface area (Å²) in [6.45, 7) is 4.61. The van der Waals surface area contributed by atoms with Gasteiger partial charge in [0.05, 0.1) is 24.0 Å². The molecule has 0 fully saturated rings. The van der Waals surface area contributed by atoms with Gasteiger partial charge in [-0.25, -0.2) is 4.98 Å². The summed E-state index contributed by atoms with van der Waals surface area (Å²) in [6, 6.07) is 8.41. The van der Waals surface area contributed by atoms with Gasteiger partial charge in [0.2, 0.25) is 0 Å². The van der Waals surface area contributed by atoms with Crippen molar-refractivity contribution in [3.05, 3.63) is 41.9 Å². The van der Waals surface area contributed by atoms with Crippen molar-refractivity contribution in [3.63, 3.8) is 0 Å². The lowest BCUT2D eigenvalue weighted by molar-refractivity contribution is 0.202. The lowest BCUT2D eigenvalue weighted by atomic mass is 10.1. The van der Waals surface area contributed by atoms with E-state index in [1.807, 2.05) is 20.0 Å². The van der Waals surface area contributed by atoms with E-state index in [1.54, 1.807) is 7.11 Å². The fraction of sp³-hybridized carbons (Fsp3) is 0.400. The summed E-state index contributed by atoms with van der Waals surface area (Å²) >= 11 is 0. The Morgan fingerprint density at radius 1 is 1.26 bits per heavy atom. The molecule has 4 nitrogen and oxygen atoms in total. The SMILES string of the molecule is COCCc1ccc(-c2cnc(C(C)(C)N)[nH]2)cc1. The first-order chi connectivity index (χ1) is 9.00. The molecule has 0 aliphatic rings. The van der Waals surface area contributed by atoms with Crippen LogP contribution in [-0.2, 0) is 16.7 Å². The van der Waals surface area contributed by atoms with Crippen LogP contribution in [-0.4, -0.2) is 23.7 Å². The third kappa shape index (κ3) is 3.43. The van der Waals surface area contributed by atoms with Crippen LogP contribution in [0.2, 0.25) is 0 Å². The van der Waals surface area contributed by atoms with Crippen molar-refractivity contribution in [3.8, 4) is 11.3 Å². The van der Waals surface area contributed by atoms with Gasteiger partial charge in [-0.05, 0) is 31.4 Å². The Balaban J connectivity index is 2.16. The molecule has 1 aromatic heterocycles. The maximum absolute atomic E-state index is 6.02. The van der Waals surface area contributed by atoms with E-state index in [0.717, 1.165) is 30.1 Å². The lowest BCUT2D eigenvalue weighted by Crippen LogP contribution is -2.30. The van der Waals surface area contributed by atoms with E-state index in [-0.39, 0.29) is 0 Å². The average Bonchev–Trinajstić information content (AvgIpc) is 2.86. The second-order valence-corrected chi connectivity index (χ2v) is 5.31. The van der Waals surface area contributed by atoms with Gasteiger partial charge in [-0.2, -0.15) is 0 Å². The van der Waals surface area contributed by atoms with Crippen LogP contribution in [0.15, 0.2) is 30.5 Å². The molecule has 0 amide bonds. The Morgan fingerprint density at radius 3 is 2.47 bits per heavy atom. The topological polar surface area (TPSA) is 63.9 Å². The maximum atomic E-state index is 6.02. The van der Waals surface area contributed by atoms with Crippen molar-refractivity contribution < 1.29 is 4.74 Å². The Morgan fingerprint density at radius 2 is 1.95 bits per heavy atom. The molecule has 3 N–H and O–H groups in total. The minimum absolute atomic E-state index is 0.448. The second-order valence-electron chi connectivity index (χ2n) is 5.31. The zero-order valence-electron chi connectivity index (χ0n) is 11.7. The van der Waals surface area contributed by atoms with E-state index in [4.69, 9.17) is 10.5 Å². The second kappa shape index (κ2) is 5.55. The summed E-state index contributed by atoms with van der Waals surface area (Å²) in [5.74, 6) is 0.797. The van der Waals surface area contributed by atoms with Gasteiger partial charge in [-0.3, -0.25) is 0 Å². The van der Waals surface area contributed by atoms with Crippen LogP contribution in [0.3, 0.4) is 0 Å². The maximum Gasteiger partial charge on any atom is 0.126 e. The molecule has 0 atom stereocenters. The van der Waals surface area contributed by atoms with E-state index in [1.165, 1.54) is 5.56 Å². The lowest BCUT2D eigenvalue weighted by Gasteiger charge is -2.14. The standard InChI is InChI=1S/C15H21N3O/c1-15(2,16)14-17-10-13(18-14)12-6-4-11(5-7-12)8-9-19-3/h4-7,10H,8-9,16H2,1-3H3,(H,17,18). The van der Waals surface area contributed by atoms with E-state index < -0.39 is 5.54 Å². The van der Waals surface area contributed by atoms with Crippen molar-refractivity contribution in [2.24, 2.45) is 5.73 Å². The molecular weight excluding hydrogens is 238 g/mol. The van der Waals surface area contributed by atoms with Crippen molar-refractivity contribution in [1.29, 1.82) is 0 Å². The summed E-state index contributed by atoms with van der Waals surface area (Å²) in [7, 11) is 1.72. The van der Waals surface area contributed by atoms with Crippen LogP contribution >= 0.6 is 0 Å². The normalized spacial score (nSPS) is 11.8. The fourth-order valence-corrected chi connectivity index (χ4v) is 1.87. The molecule has 2 rings (SSSR count). The highest BCUT2D eigenvalue weighted by atomic mass is 16.5. The summed E-state index contributed by atoms with van der Waals surface area (Å²) in [5.41, 5.74) is 8.95. The van der Waals surface area contributed by atoms with E-state index in [9.17, 15) is 0 Å². The predicted molar refractivity (Wildman–Crippen MR) is 76.8 cm³/mol. The number of hydrogen-bond acceptors (Lipinski definition) is 3. The smallest absolute Gasteiger partial charge is 0.126 e. The van der Waals surface area contributed by atoms with Crippen LogP contribution in [0.5, 0.6) is 0 Å². The van der Waals surface area contributed by atoms with Crippen molar-refractivity contribution >= 4 is 0 Å². The zero-order valence-corrected chi connectivity index (χ0v) is 11.7. The molecule has 0 radical (unpaired) electrons. The number of benzene rings is 1. The number of nitrogens with one attached hydrogen (secondary N) is 1. The molecule has 0 saturated carbocycles. The number of nitrogens with two attached hydrogens (primary N) is 1. The molecule has 0 unspecified atom stereocenters. The number of aromatic nitrogens is 2. The first-order valence-corrected chi connectivity index (χ1v) is 6.43. The molecule has 0 saturated heterocycles. The number of ether oxygens (including phenoxy) is 1. The van der Waals surface area contributed by atoms with Gasteiger partial charge in [0.1, 0.15) is 5.82 Å². The van der Waals surface area contributed by atoms with Gasteiger partial charge in [0, 0.05) is 7.11 Å². The van der Waals surface area contributed by atoms with Gasteiger partial charge in [-0.1, -0.05) is 24.3 Å². The summed E-state index contributed by atoms with van der Waals surface area (Å²) in [6.07, 6.45) is 2.76. The Hall–Kier alpha value is -1.65. The van der Waals surface area contributed by atoms with E-state index >= 15 is 0 Å². The number of imidazole rings is 1. The summed E-state index contributed by atoms with van der Waals surface area (Å²) in [4.78, 5) is 7.61. The molecule has 102 valence electrons. The van der Waals surface area contributed by atoms with Crippen molar-refractivity contribution in [2.75, 3.05) is 13.7 Å². The Bertz CT molecular complexity index is 523. The van der Waals surface area contributed by atoms with Gasteiger partial charge in [0.15, 0.2) is 0 Å². The highest BCUT2D eigenvalue weighted by Crippen LogP contribution is 2.21. The van der Waals surface area contributed by atoms with Crippen molar-refractivity contribution in [1.82, 2.24) is 9.97 Å². The Kier molecular flexibility index (Phi) is 4.02. The van der Waals surface area contributed by atoms with Crippen LogP contribution in [0.4, 0.5) is 0 Å². The summed E-state index contributed by atoms with van der Waals surface area (Å²) in [5, 5.41) is 0. The number of nitrogens with zero attached hydrogens (tertiary/aromatic N) is 1. The zero-order chi connectivity index (χ0) is 13.9. The molecule has 2 aromatic rings. The first kappa shape index (κ1) is 13.8. The highest BCUT2D eigenvalue weighted by Gasteiger charge is 2.18. The quantitative estimate of drug-likeness (QED) is 0.867. The van der Waals surface area contributed by atoms with Crippen LogP contribution in [0.1, 0.15) is 25.2 Å². The molecule has 0 aliphatic carbocycles. The number of methoxy groups -OCH3 is 1. The predicted octanol–water partition coefficient (Wildman–Crippen LogP) is 2.46. The van der Waals surface area contributed by atoms with E-state index in [0.29, 0.717) is 0 Å². The minimum Gasteiger partial charge on any atom is -0.384 e. The number of rotatable bonds is 5. The Labute approximate surface area is 114 Å². The average molecular weight is 259 g/mol. The monoisotopic (exact) mass is 259 g/mol. The number of hydrogen-bond donors (Lipinski definition) is 2. The van der Waals surface area contributed by atoms with Crippen molar-refractivity contribution in [2.45, 2.75) is 25.8 Å². The van der Waals surface area contributed by atoms with Gasteiger partial charge >= 0.3 is 0 Å². The largest absolute Gasteiger partial charge is 0.384 e. The number of aromatic amines is 1. The van der Waals surface area contributed by atoms with Gasteiger partial charge in [-0.15, -0.1) is 0 Å². The third-order valence-electron chi connectivity index (χ3n) is 3.05. The van der Waals surface area contributed by atoms with E-state index in [2.05, 4.69) is 34.2 Å². The van der Waals surface area contributed by atoms with Crippen LogP contribution < -0.4 is 5.73 Å². The fourth-order valence-electron chi connectivity index (χ4n) is 1.87. The molecule has 19 heavy (non-hydrogen) atoms. The molecule has 4 heteroatoms. The van der Waals surface area contributed by atoms with Crippen LogP contribution in [0.25, 0.3) is 11.3 Å². The molecule has 0 spiro atoms. The third-order valence-corrected chi connectivity index (χ3v) is 3.05. The molecule has 0 aliphatic heterocycles. The summed E-state index contributed by atoms with van der Waals surface area (Å²) < 4.78 is 5.07. The van der Waals surface area contributed by atoms with Gasteiger partial charge < -0.3 is 15.5 Å². The van der Waals surface area contributed by atoms with Crippen LogP contribution in [0, 0.1) is 0 Å². The van der Waals surface area contributed by atoms with Gasteiger partial charge in [0.25, 0.3) is 0 Å².